The summed E-state index contributed by atoms with van der Waals surface area (Å²) in [5.74, 6) is -0.325. The van der Waals surface area contributed by atoms with E-state index in [9.17, 15) is 9.59 Å². The van der Waals surface area contributed by atoms with Crippen LogP contribution in [-0.4, -0.2) is 66.1 Å². The summed E-state index contributed by atoms with van der Waals surface area (Å²) in [5, 5.41) is 11.8. The lowest BCUT2D eigenvalue weighted by molar-refractivity contribution is -0.134. The van der Waals surface area contributed by atoms with Gasteiger partial charge in [-0.1, -0.05) is 17.7 Å². The molecule has 6 nitrogen and oxygen atoms in total. The van der Waals surface area contributed by atoms with E-state index in [0.717, 1.165) is 24.1 Å². The lowest BCUT2D eigenvalue weighted by atomic mass is 10.2. The molecule has 0 heterocycles. The molecule has 2 N–H and O–H groups in total. The molecule has 1 fully saturated rings. The van der Waals surface area contributed by atoms with Gasteiger partial charge in [0.05, 0.1) is 19.7 Å². The summed E-state index contributed by atoms with van der Waals surface area (Å²) < 4.78 is 0. The van der Waals surface area contributed by atoms with Crippen molar-refractivity contribution in [3.63, 3.8) is 0 Å². The number of anilines is 1. The first kappa shape index (κ1) is 17.4. The molecule has 1 aliphatic carbocycles. The molecule has 0 bridgehead atoms. The van der Waals surface area contributed by atoms with Crippen LogP contribution in [0.1, 0.15) is 18.4 Å². The molecule has 0 radical (unpaired) electrons. The lowest BCUT2D eigenvalue weighted by Crippen LogP contribution is -2.43. The van der Waals surface area contributed by atoms with Crippen molar-refractivity contribution in [3.8, 4) is 0 Å². The zero-order valence-electron chi connectivity index (χ0n) is 13.8. The molecular formula is C17H25N3O3. The summed E-state index contributed by atoms with van der Waals surface area (Å²) in [6, 6.07) is 7.93. The van der Waals surface area contributed by atoms with Crippen molar-refractivity contribution in [2.24, 2.45) is 0 Å². The molecule has 23 heavy (non-hydrogen) atoms. The fourth-order valence-corrected chi connectivity index (χ4v) is 2.39. The number of aliphatic hydroxyl groups excluding tert-OH is 1. The van der Waals surface area contributed by atoms with Gasteiger partial charge in [-0.05, 0) is 31.9 Å². The molecule has 1 aromatic carbocycles. The Hall–Kier alpha value is -1.92. The van der Waals surface area contributed by atoms with E-state index < -0.39 is 0 Å². The quantitative estimate of drug-likeness (QED) is 0.745. The van der Waals surface area contributed by atoms with Crippen LogP contribution in [-0.2, 0) is 9.59 Å². The van der Waals surface area contributed by atoms with Crippen LogP contribution in [0.3, 0.4) is 0 Å². The van der Waals surface area contributed by atoms with Crippen LogP contribution in [0.4, 0.5) is 5.69 Å². The molecule has 1 aromatic rings. The Labute approximate surface area is 137 Å². The monoisotopic (exact) mass is 319 g/mol. The Kier molecular flexibility index (Phi) is 6.12. The van der Waals surface area contributed by atoms with Gasteiger partial charge in [0.2, 0.25) is 11.8 Å². The minimum absolute atomic E-state index is 0.0182. The van der Waals surface area contributed by atoms with Gasteiger partial charge in [-0.2, -0.15) is 0 Å². The Morgan fingerprint density at radius 1 is 1.22 bits per heavy atom. The van der Waals surface area contributed by atoms with Crippen molar-refractivity contribution in [2.45, 2.75) is 25.8 Å². The Morgan fingerprint density at radius 3 is 2.43 bits per heavy atom. The number of aliphatic hydroxyl groups is 1. The van der Waals surface area contributed by atoms with Crippen LogP contribution in [0.5, 0.6) is 0 Å². The molecule has 0 unspecified atom stereocenters. The smallest absolute Gasteiger partial charge is 0.243 e. The topological polar surface area (TPSA) is 72.9 Å². The number of hydrogen-bond acceptors (Lipinski definition) is 4. The molecule has 1 saturated carbocycles. The fraction of sp³-hybridized carbons (Fsp3) is 0.529. The molecule has 0 aromatic heterocycles. The second-order valence-corrected chi connectivity index (χ2v) is 6.09. The first-order valence-electron chi connectivity index (χ1n) is 7.95. The summed E-state index contributed by atoms with van der Waals surface area (Å²) in [4.78, 5) is 27.6. The Balaban J connectivity index is 1.79. The van der Waals surface area contributed by atoms with Crippen LogP contribution in [0.15, 0.2) is 24.3 Å². The number of hydrogen-bond donors (Lipinski definition) is 2. The highest BCUT2D eigenvalue weighted by Gasteiger charge is 2.30. The molecule has 2 rings (SSSR count). The molecule has 0 spiro atoms. The highest BCUT2D eigenvalue weighted by atomic mass is 16.3. The van der Waals surface area contributed by atoms with Crippen molar-refractivity contribution >= 4 is 17.5 Å². The maximum atomic E-state index is 12.2. The van der Waals surface area contributed by atoms with Crippen molar-refractivity contribution in [1.29, 1.82) is 0 Å². The van der Waals surface area contributed by atoms with Crippen LogP contribution in [0, 0.1) is 6.92 Å². The van der Waals surface area contributed by atoms with Crippen LogP contribution in [0.2, 0.25) is 0 Å². The van der Waals surface area contributed by atoms with Gasteiger partial charge in [-0.15, -0.1) is 0 Å². The van der Waals surface area contributed by atoms with E-state index in [2.05, 4.69) is 5.32 Å². The Bertz CT molecular complexity index is 541. The average Bonchev–Trinajstić information content (AvgIpc) is 3.33. The van der Waals surface area contributed by atoms with Gasteiger partial charge in [0.25, 0.3) is 0 Å². The van der Waals surface area contributed by atoms with Crippen molar-refractivity contribution in [1.82, 2.24) is 9.80 Å². The van der Waals surface area contributed by atoms with E-state index in [1.54, 1.807) is 7.05 Å². The van der Waals surface area contributed by atoms with Crippen molar-refractivity contribution in [2.75, 3.05) is 38.6 Å². The van der Waals surface area contributed by atoms with Crippen molar-refractivity contribution in [3.05, 3.63) is 29.8 Å². The van der Waals surface area contributed by atoms with Gasteiger partial charge in [-0.25, -0.2) is 0 Å². The second-order valence-electron chi connectivity index (χ2n) is 6.09. The SMILES string of the molecule is Cc1ccc(NC(=O)CN(C)C(=O)CN(CCO)C2CC2)cc1. The number of amides is 2. The third-order valence-electron chi connectivity index (χ3n) is 3.93. The van der Waals surface area contributed by atoms with Gasteiger partial charge in [0.1, 0.15) is 0 Å². The molecule has 0 aliphatic heterocycles. The minimum Gasteiger partial charge on any atom is -0.395 e. The van der Waals surface area contributed by atoms with E-state index in [1.807, 2.05) is 36.1 Å². The van der Waals surface area contributed by atoms with Crippen molar-refractivity contribution < 1.29 is 14.7 Å². The second kappa shape index (κ2) is 8.08. The van der Waals surface area contributed by atoms with E-state index in [-0.39, 0.29) is 31.5 Å². The highest BCUT2D eigenvalue weighted by Crippen LogP contribution is 2.26. The largest absolute Gasteiger partial charge is 0.395 e. The van der Waals surface area contributed by atoms with Crippen LogP contribution >= 0.6 is 0 Å². The molecule has 0 saturated heterocycles. The standard InChI is InChI=1S/C17H25N3O3/c1-13-3-5-14(6-4-13)18-16(22)11-19(2)17(23)12-20(9-10-21)15-7-8-15/h3-6,15,21H,7-12H2,1-2H3,(H,18,22). The number of benzene rings is 1. The number of rotatable bonds is 8. The number of likely N-dealkylation sites (N-methyl/N-ethyl adjacent to an activating group) is 1. The summed E-state index contributed by atoms with van der Waals surface area (Å²) in [6.07, 6.45) is 2.15. The molecule has 126 valence electrons. The number of nitrogens with zero attached hydrogens (tertiary/aromatic N) is 2. The summed E-state index contributed by atoms with van der Waals surface area (Å²) in [6.45, 7) is 2.79. The highest BCUT2D eigenvalue weighted by molar-refractivity contribution is 5.94. The van der Waals surface area contributed by atoms with E-state index >= 15 is 0 Å². The predicted octanol–water partition coefficient (Wildman–Crippen LogP) is 0.849. The van der Waals surface area contributed by atoms with Gasteiger partial charge >= 0.3 is 0 Å². The molecule has 1 aliphatic rings. The predicted molar refractivity (Wildman–Crippen MR) is 89.1 cm³/mol. The van der Waals surface area contributed by atoms with E-state index in [1.165, 1.54) is 4.90 Å². The molecule has 2 amide bonds. The fourth-order valence-electron chi connectivity index (χ4n) is 2.39. The zero-order chi connectivity index (χ0) is 16.8. The van der Waals surface area contributed by atoms with Crippen LogP contribution < -0.4 is 5.32 Å². The lowest BCUT2D eigenvalue weighted by Gasteiger charge is -2.24. The average molecular weight is 319 g/mol. The minimum atomic E-state index is -0.218. The maximum absolute atomic E-state index is 12.2. The number of aryl methyl sites for hydroxylation is 1. The molecule has 0 atom stereocenters. The summed E-state index contributed by atoms with van der Waals surface area (Å²) in [5.41, 5.74) is 1.85. The summed E-state index contributed by atoms with van der Waals surface area (Å²) in [7, 11) is 1.63. The Morgan fingerprint density at radius 2 is 1.87 bits per heavy atom. The molecular weight excluding hydrogens is 294 g/mol. The maximum Gasteiger partial charge on any atom is 0.243 e. The molecule has 6 heteroatoms. The third kappa shape index (κ3) is 5.65. The van der Waals surface area contributed by atoms with Crippen LogP contribution in [0.25, 0.3) is 0 Å². The number of carbonyl (C=O) groups is 2. The first-order valence-corrected chi connectivity index (χ1v) is 7.95. The van der Waals surface area contributed by atoms with E-state index in [0.29, 0.717) is 12.6 Å². The van der Waals surface area contributed by atoms with E-state index in [4.69, 9.17) is 5.11 Å². The zero-order valence-corrected chi connectivity index (χ0v) is 13.8. The number of carbonyl (C=O) groups excluding carboxylic acids is 2. The van der Waals surface area contributed by atoms with Gasteiger partial charge in [0.15, 0.2) is 0 Å². The van der Waals surface area contributed by atoms with Gasteiger partial charge in [0, 0.05) is 25.3 Å². The summed E-state index contributed by atoms with van der Waals surface area (Å²) >= 11 is 0. The van der Waals surface area contributed by atoms with Gasteiger partial charge in [-0.3, -0.25) is 14.5 Å². The number of nitrogens with one attached hydrogen (secondary N) is 1. The normalized spacial score (nSPS) is 13.9. The first-order chi connectivity index (χ1) is 11.0. The third-order valence-corrected chi connectivity index (χ3v) is 3.93. The van der Waals surface area contributed by atoms with Gasteiger partial charge < -0.3 is 15.3 Å².